The third-order valence-electron chi connectivity index (χ3n) is 3.85. The number of fused-ring (bicyclic) bond motifs is 1. The number of nitro benzene ring substituents is 1. The Morgan fingerprint density at radius 3 is 2.65 bits per heavy atom. The van der Waals surface area contributed by atoms with Crippen molar-refractivity contribution in [1.82, 2.24) is 0 Å². The molecule has 1 heterocycles. The maximum atomic E-state index is 13.3. The fraction of sp³-hybridized carbons (Fsp3) is 0.250. The lowest BCUT2D eigenvalue weighted by Gasteiger charge is -2.33. The van der Waals surface area contributed by atoms with Crippen molar-refractivity contribution >= 4 is 21.5 Å². The number of anilines is 1. The zero-order chi connectivity index (χ0) is 18.9. The van der Waals surface area contributed by atoms with Crippen LogP contribution in [-0.4, -0.2) is 39.6 Å². The average Bonchev–Trinajstić information content (AvgIpc) is 2.61. The van der Waals surface area contributed by atoms with Gasteiger partial charge in [-0.1, -0.05) is 0 Å². The predicted octanol–water partition coefficient (Wildman–Crippen LogP) is 2.34. The molecule has 0 fully saturated rings. The van der Waals surface area contributed by atoms with E-state index in [9.17, 15) is 22.9 Å². The maximum absolute atomic E-state index is 13.3. The minimum atomic E-state index is -4.08. The van der Waals surface area contributed by atoms with Crippen molar-refractivity contribution in [2.24, 2.45) is 0 Å². The zero-order valence-corrected chi connectivity index (χ0v) is 14.5. The van der Waals surface area contributed by atoms with Gasteiger partial charge in [0, 0.05) is 25.2 Å². The van der Waals surface area contributed by atoms with E-state index in [-0.39, 0.29) is 17.2 Å². The van der Waals surface area contributed by atoms with Gasteiger partial charge in [-0.25, -0.2) is 4.39 Å². The second kappa shape index (κ2) is 6.89. The average molecular weight is 382 g/mol. The van der Waals surface area contributed by atoms with E-state index in [1.807, 2.05) is 0 Å². The summed E-state index contributed by atoms with van der Waals surface area (Å²) in [5, 5.41) is 10.6. The molecular weight excluding hydrogens is 367 g/mol. The van der Waals surface area contributed by atoms with Crippen molar-refractivity contribution < 1.29 is 26.7 Å². The molecule has 0 saturated heterocycles. The molecule has 0 bridgehead atoms. The molecule has 138 valence electrons. The first-order valence-corrected chi connectivity index (χ1v) is 8.98. The Hall–Kier alpha value is -2.72. The number of hydrogen-bond donors (Lipinski definition) is 0. The molecule has 0 amide bonds. The lowest BCUT2D eigenvalue weighted by molar-refractivity contribution is -0.384. The van der Waals surface area contributed by atoms with Crippen molar-refractivity contribution in [3.05, 3.63) is 58.4 Å². The van der Waals surface area contributed by atoms with E-state index in [4.69, 9.17) is 8.92 Å². The molecule has 0 aliphatic carbocycles. The van der Waals surface area contributed by atoms with E-state index >= 15 is 0 Å². The monoisotopic (exact) mass is 382 g/mol. The number of hydrogen-bond acceptors (Lipinski definition) is 7. The normalized spacial score (nSPS) is 16.7. The molecule has 0 saturated carbocycles. The molecule has 2 aromatic carbocycles. The van der Waals surface area contributed by atoms with Gasteiger partial charge in [0.1, 0.15) is 24.3 Å². The van der Waals surface area contributed by atoms with E-state index in [1.165, 1.54) is 18.2 Å². The number of benzene rings is 2. The van der Waals surface area contributed by atoms with Gasteiger partial charge < -0.3 is 9.64 Å². The third kappa shape index (κ3) is 3.75. The van der Waals surface area contributed by atoms with E-state index in [0.717, 1.165) is 24.3 Å². The molecule has 1 aliphatic heterocycles. The highest BCUT2D eigenvalue weighted by Gasteiger charge is 2.27. The second-order valence-corrected chi connectivity index (χ2v) is 7.34. The van der Waals surface area contributed by atoms with Crippen LogP contribution >= 0.6 is 0 Å². The lowest BCUT2D eigenvalue weighted by Crippen LogP contribution is -2.41. The number of likely N-dealkylation sites (N-methyl/N-ethyl adjacent to an activating group) is 1. The number of halogens is 1. The van der Waals surface area contributed by atoms with Gasteiger partial charge in [-0.2, -0.15) is 8.42 Å². The topological polar surface area (TPSA) is 99.0 Å². The summed E-state index contributed by atoms with van der Waals surface area (Å²) in [5.74, 6) is 0.0381. The summed E-state index contributed by atoms with van der Waals surface area (Å²) >= 11 is 0. The summed E-state index contributed by atoms with van der Waals surface area (Å²) in [6, 6.07) is 8.46. The summed E-state index contributed by atoms with van der Waals surface area (Å²) in [5.41, 5.74) is 0.351. The maximum Gasteiger partial charge on any atom is 0.297 e. The summed E-state index contributed by atoms with van der Waals surface area (Å²) < 4.78 is 48.4. The van der Waals surface area contributed by atoms with Crippen molar-refractivity contribution in [1.29, 1.82) is 0 Å². The van der Waals surface area contributed by atoms with Crippen molar-refractivity contribution in [2.75, 3.05) is 25.1 Å². The van der Waals surface area contributed by atoms with Crippen molar-refractivity contribution in [3.63, 3.8) is 0 Å². The molecule has 0 aromatic heterocycles. The third-order valence-corrected chi connectivity index (χ3v) is 5.14. The first kappa shape index (κ1) is 18.1. The van der Waals surface area contributed by atoms with Gasteiger partial charge in [-0.15, -0.1) is 0 Å². The second-order valence-electron chi connectivity index (χ2n) is 5.72. The molecule has 0 N–H and O–H groups in total. The van der Waals surface area contributed by atoms with Gasteiger partial charge in [0.15, 0.2) is 0 Å². The smallest absolute Gasteiger partial charge is 0.297 e. The summed E-state index contributed by atoms with van der Waals surface area (Å²) in [4.78, 5) is 11.6. The quantitative estimate of drug-likeness (QED) is 0.445. The van der Waals surface area contributed by atoms with Crippen LogP contribution in [0.5, 0.6) is 5.75 Å². The number of rotatable bonds is 5. The molecule has 10 heteroatoms. The van der Waals surface area contributed by atoms with E-state index in [0.29, 0.717) is 18.0 Å². The highest BCUT2D eigenvalue weighted by Crippen LogP contribution is 2.33. The molecule has 26 heavy (non-hydrogen) atoms. The van der Waals surface area contributed by atoms with Gasteiger partial charge in [0.2, 0.25) is 0 Å². The van der Waals surface area contributed by atoms with Gasteiger partial charge in [0.25, 0.3) is 15.8 Å². The summed E-state index contributed by atoms with van der Waals surface area (Å²) in [7, 11) is -2.35. The van der Waals surface area contributed by atoms with E-state index in [2.05, 4.69) is 0 Å². The Bertz CT molecular complexity index is 932. The fourth-order valence-corrected chi connectivity index (χ4v) is 3.50. The van der Waals surface area contributed by atoms with Crippen LogP contribution in [-0.2, 0) is 14.3 Å². The molecule has 1 atom stereocenters. The Balaban J connectivity index is 1.68. The van der Waals surface area contributed by atoms with Crippen LogP contribution in [0.3, 0.4) is 0 Å². The number of nitro groups is 1. The number of non-ortho nitro benzene ring substituents is 1. The van der Waals surface area contributed by atoms with Crippen LogP contribution in [0.1, 0.15) is 0 Å². The summed E-state index contributed by atoms with van der Waals surface area (Å²) in [6.45, 7) is 0.0622. The van der Waals surface area contributed by atoms with Crippen LogP contribution < -0.4 is 9.64 Å². The minimum Gasteiger partial charge on any atom is -0.484 e. The van der Waals surface area contributed by atoms with E-state index in [1.54, 1.807) is 11.9 Å². The van der Waals surface area contributed by atoms with Crippen molar-refractivity contribution in [3.8, 4) is 5.75 Å². The van der Waals surface area contributed by atoms with Gasteiger partial charge in [-0.3, -0.25) is 14.3 Å². The molecule has 8 nitrogen and oxygen atoms in total. The predicted molar refractivity (Wildman–Crippen MR) is 90.3 cm³/mol. The standard InChI is InChI=1S/C16H15FN2O6S/c1-18-9-13(25-16-7-2-11(17)8-15(16)18)10-24-26(22,23)14-5-3-12(4-6-14)19(20)21/h2-8,13H,9-10H2,1H3/t13-/m0/s1. The Kier molecular flexibility index (Phi) is 4.79. The van der Waals surface area contributed by atoms with Gasteiger partial charge >= 0.3 is 0 Å². The summed E-state index contributed by atoms with van der Waals surface area (Å²) in [6.07, 6.45) is -0.578. The Morgan fingerprint density at radius 1 is 1.31 bits per heavy atom. The SMILES string of the molecule is CN1C[C@@H](COS(=O)(=O)c2ccc([N+](=O)[O-])cc2)Oc2ccc(F)cc21. The molecular formula is C16H15FN2O6S. The highest BCUT2D eigenvalue weighted by molar-refractivity contribution is 7.86. The molecule has 3 rings (SSSR count). The molecule has 0 spiro atoms. The molecule has 0 radical (unpaired) electrons. The van der Waals surface area contributed by atoms with Crippen LogP contribution in [0.2, 0.25) is 0 Å². The molecule has 0 unspecified atom stereocenters. The first-order valence-electron chi connectivity index (χ1n) is 7.57. The Labute approximate surface area is 149 Å². The minimum absolute atomic E-state index is 0.185. The zero-order valence-electron chi connectivity index (χ0n) is 13.7. The number of nitrogens with zero attached hydrogens (tertiary/aromatic N) is 2. The van der Waals surface area contributed by atoms with Crippen LogP contribution in [0.4, 0.5) is 15.8 Å². The van der Waals surface area contributed by atoms with Gasteiger partial charge in [0.05, 0.1) is 22.1 Å². The lowest BCUT2D eigenvalue weighted by atomic mass is 10.2. The number of ether oxygens (including phenoxy) is 1. The highest BCUT2D eigenvalue weighted by atomic mass is 32.2. The van der Waals surface area contributed by atoms with Crippen LogP contribution in [0, 0.1) is 15.9 Å². The molecule has 1 aliphatic rings. The Morgan fingerprint density at radius 2 is 2.00 bits per heavy atom. The van der Waals surface area contributed by atoms with Gasteiger partial charge in [-0.05, 0) is 24.3 Å². The van der Waals surface area contributed by atoms with Crippen molar-refractivity contribution in [2.45, 2.75) is 11.0 Å². The fourth-order valence-electron chi connectivity index (χ4n) is 2.56. The van der Waals surface area contributed by atoms with Crippen LogP contribution in [0.15, 0.2) is 47.4 Å². The largest absolute Gasteiger partial charge is 0.484 e. The first-order chi connectivity index (χ1) is 12.3. The van der Waals surface area contributed by atoms with Crippen LogP contribution in [0.25, 0.3) is 0 Å². The van der Waals surface area contributed by atoms with E-state index < -0.39 is 27.0 Å². The molecule has 2 aromatic rings.